The van der Waals surface area contributed by atoms with Crippen molar-refractivity contribution in [2.45, 2.75) is 39.5 Å². The molecule has 4 rings (SSSR count). The van der Waals surface area contributed by atoms with Crippen LogP contribution in [0.1, 0.15) is 18.3 Å². The van der Waals surface area contributed by atoms with Crippen LogP contribution in [0.2, 0.25) is 5.15 Å². The molecule has 0 saturated heterocycles. The third-order valence-corrected chi connectivity index (χ3v) is 5.66. The van der Waals surface area contributed by atoms with Gasteiger partial charge in [0.05, 0.1) is 11.1 Å². The van der Waals surface area contributed by atoms with E-state index in [9.17, 15) is 23.1 Å². The monoisotopic (exact) mass is 523 g/mol. The fourth-order valence-electron chi connectivity index (χ4n) is 3.61. The molecule has 0 aliphatic heterocycles. The Hall–Kier alpha value is -3.64. The van der Waals surface area contributed by atoms with Crippen molar-refractivity contribution in [1.29, 1.82) is 0 Å². The van der Waals surface area contributed by atoms with Gasteiger partial charge in [-0.2, -0.15) is 4.68 Å². The Kier molecular flexibility index (Phi) is 7.45. The third-order valence-electron chi connectivity index (χ3n) is 5.39. The highest BCUT2D eigenvalue weighted by atomic mass is 35.5. The zero-order chi connectivity index (χ0) is 26.0. The first kappa shape index (κ1) is 25.5. The second kappa shape index (κ2) is 10.5. The highest BCUT2D eigenvalue weighted by Gasteiger charge is 2.26. The summed E-state index contributed by atoms with van der Waals surface area (Å²) in [5, 5.41) is 14.3. The molecule has 1 N–H and O–H groups in total. The van der Waals surface area contributed by atoms with E-state index < -0.39 is 31.5 Å². The first-order valence-electron chi connectivity index (χ1n) is 10.8. The first-order chi connectivity index (χ1) is 17.3. The van der Waals surface area contributed by atoms with E-state index in [0.29, 0.717) is 10.9 Å². The van der Waals surface area contributed by atoms with Crippen LogP contribution in [-0.2, 0) is 13.2 Å². The molecule has 0 aliphatic rings. The predicted octanol–water partition coefficient (Wildman–Crippen LogP) is 4.23. The number of pyridine rings is 2. The summed E-state index contributed by atoms with van der Waals surface area (Å²) in [4.78, 5) is 21.0. The molecular weight excluding hydrogens is 503 g/mol. The van der Waals surface area contributed by atoms with E-state index in [4.69, 9.17) is 21.1 Å². The number of alkyl halides is 3. The second-order valence-electron chi connectivity index (χ2n) is 7.67. The summed E-state index contributed by atoms with van der Waals surface area (Å²) in [5.74, 6) is 0.0337. The fourth-order valence-corrected chi connectivity index (χ4v) is 3.85. The Bertz CT molecular complexity index is 1440. The maximum atomic E-state index is 13.4. The number of hydrogen-bond donors (Lipinski definition) is 1. The minimum absolute atomic E-state index is 0.0512. The first-order valence-corrected chi connectivity index (χ1v) is 11.2. The van der Waals surface area contributed by atoms with Crippen LogP contribution in [0.15, 0.2) is 41.5 Å². The molecule has 3 aromatic heterocycles. The molecule has 0 aliphatic carbocycles. The van der Waals surface area contributed by atoms with Gasteiger partial charge >= 0.3 is 5.69 Å². The molecule has 1 atom stereocenters. The lowest BCUT2D eigenvalue weighted by Crippen LogP contribution is -2.28. The van der Waals surface area contributed by atoms with E-state index in [1.54, 1.807) is 19.9 Å². The van der Waals surface area contributed by atoms with E-state index in [0.717, 1.165) is 4.68 Å². The van der Waals surface area contributed by atoms with Crippen LogP contribution in [0.25, 0.3) is 16.5 Å². The average molecular weight is 524 g/mol. The molecule has 190 valence electrons. The van der Waals surface area contributed by atoms with E-state index in [1.165, 1.54) is 35.2 Å². The zero-order valence-electron chi connectivity index (χ0n) is 19.2. The second-order valence-corrected chi connectivity index (χ2v) is 8.02. The molecule has 3 heterocycles. The van der Waals surface area contributed by atoms with Gasteiger partial charge < -0.3 is 14.6 Å². The van der Waals surface area contributed by atoms with Gasteiger partial charge in [-0.1, -0.05) is 11.6 Å². The number of aliphatic hydroxyl groups is 1. The largest absolute Gasteiger partial charge is 0.481 e. The molecule has 1 unspecified atom stereocenters. The molecule has 36 heavy (non-hydrogen) atoms. The molecule has 0 fully saturated rings. The summed E-state index contributed by atoms with van der Waals surface area (Å²) >= 11 is 6.17. The highest BCUT2D eigenvalue weighted by Crippen LogP contribution is 2.39. The SMILES string of the molecule is CCn1c(CO)nn(-c2cc(OC(CF)C(F)F)c3c(Oc4c(C)ccnc4Cl)nccc3c2)c1=O. The fraction of sp³-hybridized carbons (Fsp3) is 0.304. The number of ether oxygens (including phenoxy) is 2. The number of halogens is 4. The molecule has 13 heteroatoms. The minimum atomic E-state index is -3.13. The summed E-state index contributed by atoms with van der Waals surface area (Å²) in [7, 11) is 0. The van der Waals surface area contributed by atoms with Crippen LogP contribution in [0, 0.1) is 6.92 Å². The molecule has 0 bridgehead atoms. The quantitative estimate of drug-likeness (QED) is 0.327. The number of aliphatic hydroxyl groups excluding tert-OH is 1. The van der Waals surface area contributed by atoms with Gasteiger partial charge in [0, 0.05) is 25.0 Å². The van der Waals surface area contributed by atoms with Crippen molar-refractivity contribution >= 4 is 22.4 Å². The van der Waals surface area contributed by atoms with Crippen LogP contribution < -0.4 is 15.2 Å². The molecule has 0 spiro atoms. The summed E-state index contributed by atoms with van der Waals surface area (Å²) in [5.41, 5.74) is 0.213. The van der Waals surface area contributed by atoms with Crippen LogP contribution >= 0.6 is 11.6 Å². The zero-order valence-corrected chi connectivity index (χ0v) is 19.9. The average Bonchev–Trinajstić information content (AvgIpc) is 3.19. The summed E-state index contributed by atoms with van der Waals surface area (Å²) < 4.78 is 53.8. The van der Waals surface area contributed by atoms with Gasteiger partial charge in [0.1, 0.15) is 19.0 Å². The van der Waals surface area contributed by atoms with Crippen molar-refractivity contribution in [2.24, 2.45) is 0 Å². The van der Waals surface area contributed by atoms with Crippen molar-refractivity contribution in [2.75, 3.05) is 6.67 Å². The van der Waals surface area contributed by atoms with Gasteiger partial charge in [0.15, 0.2) is 22.8 Å². The van der Waals surface area contributed by atoms with E-state index >= 15 is 0 Å². The van der Waals surface area contributed by atoms with Crippen LogP contribution in [0.3, 0.4) is 0 Å². The maximum absolute atomic E-state index is 13.4. The van der Waals surface area contributed by atoms with Crippen LogP contribution in [0.5, 0.6) is 17.4 Å². The van der Waals surface area contributed by atoms with E-state index in [2.05, 4.69) is 15.1 Å². The number of benzene rings is 1. The number of nitrogens with zero attached hydrogens (tertiary/aromatic N) is 5. The minimum Gasteiger partial charge on any atom is -0.481 e. The van der Waals surface area contributed by atoms with E-state index in [1.807, 2.05) is 0 Å². The Balaban J connectivity index is 1.95. The highest BCUT2D eigenvalue weighted by molar-refractivity contribution is 6.31. The van der Waals surface area contributed by atoms with Crippen molar-refractivity contribution in [3.63, 3.8) is 0 Å². The summed E-state index contributed by atoms with van der Waals surface area (Å²) in [6, 6.07) is 6.00. The molecule has 0 amide bonds. The molecule has 9 nitrogen and oxygen atoms in total. The molecule has 4 aromatic rings. The Morgan fingerprint density at radius 2 is 1.94 bits per heavy atom. The lowest BCUT2D eigenvalue weighted by Gasteiger charge is -2.19. The number of aryl methyl sites for hydroxylation is 1. The lowest BCUT2D eigenvalue weighted by atomic mass is 10.1. The van der Waals surface area contributed by atoms with Crippen LogP contribution in [-0.4, -0.2) is 48.6 Å². The van der Waals surface area contributed by atoms with E-state index in [-0.39, 0.29) is 46.0 Å². The van der Waals surface area contributed by atoms with Crippen LogP contribution in [0.4, 0.5) is 13.2 Å². The Morgan fingerprint density at radius 3 is 2.56 bits per heavy atom. The number of aromatic nitrogens is 5. The molecule has 0 saturated carbocycles. The summed E-state index contributed by atoms with van der Waals surface area (Å²) in [6.07, 6.45) is -2.33. The van der Waals surface area contributed by atoms with Gasteiger partial charge in [0.2, 0.25) is 5.88 Å². The van der Waals surface area contributed by atoms with Gasteiger partial charge in [-0.05, 0) is 43.0 Å². The van der Waals surface area contributed by atoms with Gasteiger partial charge in [-0.25, -0.2) is 27.9 Å². The predicted molar refractivity (Wildman–Crippen MR) is 125 cm³/mol. The van der Waals surface area contributed by atoms with Crippen molar-refractivity contribution < 1.29 is 27.8 Å². The number of rotatable bonds is 9. The third kappa shape index (κ3) is 4.73. The lowest BCUT2D eigenvalue weighted by molar-refractivity contribution is -0.000431. The van der Waals surface area contributed by atoms with Crippen molar-refractivity contribution in [1.82, 2.24) is 24.3 Å². The topological polar surface area (TPSA) is 104 Å². The maximum Gasteiger partial charge on any atom is 0.350 e. The standard InChI is InChI=1S/C23H21ClF3N5O4/c1-3-31-17(11-33)30-32(23(31)34)14-8-13-5-7-29-22(36-19-12(2)4-6-28-20(19)24)18(13)15(9-14)35-16(10-25)21(26)27/h4-9,16,21,33H,3,10-11H2,1-2H3. The molecular formula is C23H21ClF3N5O4. The molecule has 1 aromatic carbocycles. The Labute approximate surface area is 207 Å². The van der Waals surface area contributed by atoms with Gasteiger partial charge in [-0.15, -0.1) is 5.10 Å². The number of hydrogen-bond acceptors (Lipinski definition) is 7. The normalized spacial score (nSPS) is 12.3. The van der Waals surface area contributed by atoms with Crippen molar-refractivity contribution in [3.8, 4) is 23.1 Å². The van der Waals surface area contributed by atoms with Gasteiger partial charge in [0.25, 0.3) is 6.43 Å². The smallest absolute Gasteiger partial charge is 0.350 e. The van der Waals surface area contributed by atoms with Gasteiger partial charge in [-0.3, -0.25) is 4.57 Å². The molecule has 0 radical (unpaired) electrons. The van der Waals surface area contributed by atoms with Crippen molar-refractivity contribution in [3.05, 3.63) is 63.7 Å². The Morgan fingerprint density at radius 1 is 1.19 bits per heavy atom. The number of fused-ring (bicyclic) bond motifs is 1. The summed E-state index contributed by atoms with van der Waals surface area (Å²) in [6.45, 7) is 1.72.